The van der Waals surface area contributed by atoms with Crippen LogP contribution in [0.15, 0.2) is 54.6 Å². The van der Waals surface area contributed by atoms with Gasteiger partial charge in [0, 0.05) is 11.8 Å². The van der Waals surface area contributed by atoms with Crippen LogP contribution in [0, 0.1) is 0 Å². The first-order chi connectivity index (χ1) is 18.4. The molecule has 16 heteroatoms. The molecule has 3 N–H and O–H groups in total. The highest BCUT2D eigenvalue weighted by molar-refractivity contribution is 6.01. The molecule has 0 spiro atoms. The zero-order chi connectivity index (χ0) is 30.0. The Balaban J connectivity index is 2.01. The lowest BCUT2D eigenvalue weighted by atomic mass is 10.1. The highest BCUT2D eigenvalue weighted by atomic mass is 19.4. The Labute approximate surface area is 218 Å². The van der Waals surface area contributed by atoms with E-state index in [4.69, 9.17) is 9.47 Å². The van der Waals surface area contributed by atoms with Gasteiger partial charge in [0.15, 0.2) is 5.75 Å². The average molecular weight is 582 g/mol. The number of alkyl halides is 9. The average Bonchev–Trinajstić information content (AvgIpc) is 2.82. The second-order valence-electron chi connectivity index (χ2n) is 7.85. The molecule has 0 aliphatic carbocycles. The van der Waals surface area contributed by atoms with Gasteiger partial charge in [-0.3, -0.25) is 0 Å². The fourth-order valence-corrected chi connectivity index (χ4v) is 3.21. The van der Waals surface area contributed by atoms with Crippen LogP contribution in [0.25, 0.3) is 0 Å². The van der Waals surface area contributed by atoms with Gasteiger partial charge in [0.2, 0.25) is 0 Å². The van der Waals surface area contributed by atoms with Crippen molar-refractivity contribution >= 4 is 23.4 Å². The largest absolute Gasteiger partial charge is 0.497 e. The molecule has 0 aliphatic heterocycles. The summed E-state index contributed by atoms with van der Waals surface area (Å²) in [4.78, 5) is 24.1. The minimum atomic E-state index is -5.23. The number of carboxylic acids is 1. The maximum Gasteiger partial charge on any atom is 0.416 e. The zero-order valence-electron chi connectivity index (χ0n) is 19.7. The summed E-state index contributed by atoms with van der Waals surface area (Å²) in [6.07, 6.45) is -15.4. The van der Waals surface area contributed by atoms with Crippen molar-refractivity contribution in [3.63, 3.8) is 0 Å². The van der Waals surface area contributed by atoms with Gasteiger partial charge in [-0.15, -0.1) is 0 Å². The molecule has 3 aromatic carbocycles. The minimum Gasteiger partial charge on any atom is -0.497 e. The van der Waals surface area contributed by atoms with Crippen molar-refractivity contribution in [3.8, 4) is 17.2 Å². The first-order valence-electron chi connectivity index (χ1n) is 10.6. The van der Waals surface area contributed by atoms with Crippen LogP contribution in [-0.2, 0) is 18.5 Å². The summed E-state index contributed by atoms with van der Waals surface area (Å²) >= 11 is 0. The number of hydrogen-bond acceptors (Lipinski definition) is 4. The van der Waals surface area contributed by atoms with E-state index in [1.54, 1.807) is 5.32 Å². The standard InChI is InChI=1S/C24H15F9N2O5/c1-39-15-3-4-16(20(36)37)19(10-15)40-18-5-2-11(22(25,26)27)9-17(18)35-21(38)34-14-7-12(23(28,29)30)6-13(8-14)24(31,32)33/h2-10H,1H3,(H,36,37)(H2,34,35,38). The monoisotopic (exact) mass is 582 g/mol. The number of methoxy groups -OCH3 is 1. The number of anilines is 2. The third-order valence-electron chi connectivity index (χ3n) is 5.04. The molecule has 0 atom stereocenters. The van der Waals surface area contributed by atoms with Gasteiger partial charge in [0.1, 0.15) is 17.1 Å². The summed E-state index contributed by atoms with van der Waals surface area (Å²) in [5, 5.41) is 13.0. The fourth-order valence-electron chi connectivity index (χ4n) is 3.21. The lowest BCUT2D eigenvalue weighted by molar-refractivity contribution is -0.143. The number of rotatable bonds is 6. The van der Waals surface area contributed by atoms with Gasteiger partial charge in [-0.25, -0.2) is 9.59 Å². The van der Waals surface area contributed by atoms with Gasteiger partial charge in [-0.1, -0.05) is 0 Å². The van der Waals surface area contributed by atoms with Crippen molar-refractivity contribution < 1.29 is 63.7 Å². The Kier molecular flexibility index (Phi) is 8.12. The van der Waals surface area contributed by atoms with Gasteiger partial charge in [-0.05, 0) is 48.5 Å². The van der Waals surface area contributed by atoms with Crippen molar-refractivity contribution in [3.05, 3.63) is 76.9 Å². The van der Waals surface area contributed by atoms with E-state index in [1.807, 2.05) is 5.32 Å². The molecule has 0 bridgehead atoms. The molecule has 0 aromatic heterocycles. The van der Waals surface area contributed by atoms with Crippen molar-refractivity contribution in [2.24, 2.45) is 0 Å². The number of carboxylic acid groups (broad SMARTS) is 1. The molecule has 0 radical (unpaired) electrons. The highest BCUT2D eigenvalue weighted by Gasteiger charge is 2.37. The minimum absolute atomic E-state index is 0.0872. The number of hydrogen-bond donors (Lipinski definition) is 3. The SMILES string of the molecule is COc1ccc(C(=O)O)c(Oc2ccc(C(F)(F)F)cc2NC(=O)Nc2cc(C(F)(F)F)cc(C(F)(F)F)c2)c1. The number of urea groups is 1. The second-order valence-corrected chi connectivity index (χ2v) is 7.85. The van der Waals surface area contributed by atoms with Crippen molar-refractivity contribution in [1.82, 2.24) is 0 Å². The van der Waals surface area contributed by atoms with Gasteiger partial charge < -0.3 is 25.2 Å². The predicted octanol–water partition coefficient (Wildman–Crippen LogP) is 7.89. The van der Waals surface area contributed by atoms with E-state index >= 15 is 0 Å². The summed E-state index contributed by atoms with van der Waals surface area (Å²) in [6.45, 7) is 0. The zero-order valence-corrected chi connectivity index (χ0v) is 19.7. The molecule has 40 heavy (non-hydrogen) atoms. The van der Waals surface area contributed by atoms with Crippen molar-refractivity contribution in [1.29, 1.82) is 0 Å². The number of carbonyl (C=O) groups is 2. The van der Waals surface area contributed by atoms with E-state index in [1.165, 1.54) is 13.2 Å². The molecule has 0 saturated heterocycles. The van der Waals surface area contributed by atoms with Crippen LogP contribution in [0.4, 0.5) is 55.7 Å². The summed E-state index contributed by atoms with van der Waals surface area (Å²) in [5.41, 5.74) is -7.01. The highest BCUT2D eigenvalue weighted by Crippen LogP contribution is 2.40. The maximum absolute atomic E-state index is 13.3. The van der Waals surface area contributed by atoms with Crippen molar-refractivity contribution in [2.45, 2.75) is 18.5 Å². The van der Waals surface area contributed by atoms with Gasteiger partial charge in [0.25, 0.3) is 0 Å². The van der Waals surface area contributed by atoms with Crippen LogP contribution in [-0.4, -0.2) is 24.2 Å². The number of ether oxygens (including phenoxy) is 2. The molecule has 0 unspecified atom stereocenters. The van der Waals surface area contributed by atoms with Crippen LogP contribution in [0.5, 0.6) is 17.2 Å². The summed E-state index contributed by atoms with van der Waals surface area (Å²) in [5.74, 6) is -2.40. The Bertz CT molecular complexity index is 1400. The van der Waals surface area contributed by atoms with Crippen LogP contribution in [0.1, 0.15) is 27.0 Å². The van der Waals surface area contributed by atoms with E-state index in [2.05, 4.69) is 0 Å². The Hall–Kier alpha value is -4.63. The first kappa shape index (κ1) is 29.9. The summed E-state index contributed by atoms with van der Waals surface area (Å²) in [7, 11) is 1.23. The lowest BCUT2D eigenvalue weighted by Gasteiger charge is -2.18. The third-order valence-corrected chi connectivity index (χ3v) is 5.04. The smallest absolute Gasteiger partial charge is 0.416 e. The number of nitrogens with one attached hydrogen (secondary N) is 2. The normalized spacial score (nSPS) is 12.1. The number of halogens is 9. The van der Waals surface area contributed by atoms with Crippen molar-refractivity contribution in [2.75, 3.05) is 17.7 Å². The van der Waals surface area contributed by atoms with Crippen LogP contribution < -0.4 is 20.1 Å². The van der Waals surface area contributed by atoms with Crippen LogP contribution >= 0.6 is 0 Å². The second kappa shape index (κ2) is 10.9. The fraction of sp³-hybridized carbons (Fsp3) is 0.167. The maximum atomic E-state index is 13.3. The Morgan fingerprint density at radius 1 is 0.700 bits per heavy atom. The van der Waals surface area contributed by atoms with E-state index in [0.29, 0.717) is 12.1 Å². The number of amides is 2. The Morgan fingerprint density at radius 2 is 1.27 bits per heavy atom. The third kappa shape index (κ3) is 7.27. The lowest BCUT2D eigenvalue weighted by Crippen LogP contribution is -2.21. The van der Waals surface area contributed by atoms with Crippen LogP contribution in [0.2, 0.25) is 0 Å². The molecule has 0 heterocycles. The summed E-state index contributed by atoms with van der Waals surface area (Å²) in [6, 6.07) is 3.65. The van der Waals surface area contributed by atoms with E-state index in [9.17, 15) is 54.2 Å². The molecule has 3 rings (SSSR count). The molecule has 214 valence electrons. The molecule has 0 aliphatic rings. The molecule has 7 nitrogen and oxygen atoms in total. The molecule has 0 saturated carbocycles. The van der Waals surface area contributed by atoms with E-state index < -0.39 is 75.7 Å². The van der Waals surface area contributed by atoms with Gasteiger partial charge >= 0.3 is 30.5 Å². The van der Waals surface area contributed by atoms with Gasteiger partial charge in [-0.2, -0.15) is 39.5 Å². The molecular weight excluding hydrogens is 567 g/mol. The topological polar surface area (TPSA) is 96.9 Å². The first-order valence-corrected chi connectivity index (χ1v) is 10.6. The van der Waals surface area contributed by atoms with Gasteiger partial charge in [0.05, 0.1) is 29.5 Å². The summed E-state index contributed by atoms with van der Waals surface area (Å²) < 4.78 is 129. The van der Waals surface area contributed by atoms with Crippen LogP contribution in [0.3, 0.4) is 0 Å². The number of carbonyl (C=O) groups excluding carboxylic acids is 1. The number of aromatic carboxylic acids is 1. The molecular formula is C24H15F9N2O5. The molecule has 0 fully saturated rings. The predicted molar refractivity (Wildman–Crippen MR) is 121 cm³/mol. The molecule has 3 aromatic rings. The van der Waals surface area contributed by atoms with E-state index in [-0.39, 0.29) is 23.9 Å². The molecule has 2 amide bonds. The van der Waals surface area contributed by atoms with E-state index in [0.717, 1.165) is 18.2 Å². The Morgan fingerprint density at radius 3 is 1.77 bits per heavy atom. The number of benzene rings is 3. The quantitative estimate of drug-likeness (QED) is 0.257.